The summed E-state index contributed by atoms with van der Waals surface area (Å²) in [6.45, 7) is 4.29. The SMILES string of the molecule is Cc1cc(C)cc(S(=O)(=O)NCCN)c1. The lowest BCUT2D eigenvalue weighted by Crippen LogP contribution is -2.29. The van der Waals surface area contributed by atoms with Crippen LogP contribution in [-0.4, -0.2) is 21.5 Å². The fraction of sp³-hybridized carbons (Fsp3) is 0.400. The van der Waals surface area contributed by atoms with Gasteiger partial charge in [0.05, 0.1) is 4.90 Å². The molecule has 0 fully saturated rings. The average molecular weight is 228 g/mol. The fourth-order valence-corrected chi connectivity index (χ4v) is 2.60. The number of aryl methyl sites for hydroxylation is 2. The van der Waals surface area contributed by atoms with Crippen molar-refractivity contribution >= 4 is 10.0 Å². The van der Waals surface area contributed by atoms with Gasteiger partial charge in [-0.15, -0.1) is 0 Å². The average Bonchev–Trinajstić information content (AvgIpc) is 2.13. The van der Waals surface area contributed by atoms with Crippen LogP contribution in [-0.2, 0) is 10.0 Å². The van der Waals surface area contributed by atoms with Crippen molar-refractivity contribution in [1.82, 2.24) is 4.72 Å². The topological polar surface area (TPSA) is 72.2 Å². The molecule has 1 rings (SSSR count). The summed E-state index contributed by atoms with van der Waals surface area (Å²) in [5, 5.41) is 0. The molecule has 3 N–H and O–H groups in total. The van der Waals surface area contributed by atoms with Gasteiger partial charge in [-0.3, -0.25) is 0 Å². The molecule has 0 aliphatic rings. The van der Waals surface area contributed by atoms with Gasteiger partial charge in [0.2, 0.25) is 10.0 Å². The molecule has 0 bridgehead atoms. The van der Waals surface area contributed by atoms with E-state index in [0.29, 0.717) is 11.4 Å². The highest BCUT2D eigenvalue weighted by atomic mass is 32.2. The van der Waals surface area contributed by atoms with Crippen LogP contribution in [0.4, 0.5) is 0 Å². The fourth-order valence-electron chi connectivity index (χ4n) is 1.36. The third-order valence-electron chi connectivity index (χ3n) is 1.94. The van der Waals surface area contributed by atoms with E-state index in [-0.39, 0.29) is 6.54 Å². The van der Waals surface area contributed by atoms with Crippen LogP contribution in [0.25, 0.3) is 0 Å². The van der Waals surface area contributed by atoms with Crippen LogP contribution in [0.5, 0.6) is 0 Å². The number of nitrogens with two attached hydrogens (primary N) is 1. The quantitative estimate of drug-likeness (QED) is 0.790. The Morgan fingerprint density at radius 2 is 1.73 bits per heavy atom. The minimum Gasteiger partial charge on any atom is -0.329 e. The Kier molecular flexibility index (Phi) is 3.84. The zero-order chi connectivity index (χ0) is 11.5. The Bertz CT molecular complexity index is 420. The Labute approximate surface area is 90.5 Å². The predicted octanol–water partition coefficient (Wildman–Crippen LogP) is 0.540. The van der Waals surface area contributed by atoms with Gasteiger partial charge in [0, 0.05) is 13.1 Å². The second kappa shape index (κ2) is 4.74. The lowest BCUT2D eigenvalue weighted by molar-refractivity contribution is 0.582. The van der Waals surface area contributed by atoms with Gasteiger partial charge in [0.25, 0.3) is 0 Å². The molecule has 1 aromatic rings. The summed E-state index contributed by atoms with van der Waals surface area (Å²) in [7, 11) is -3.40. The molecule has 0 radical (unpaired) electrons. The van der Waals surface area contributed by atoms with Crippen LogP contribution in [0.1, 0.15) is 11.1 Å². The van der Waals surface area contributed by atoms with E-state index in [2.05, 4.69) is 4.72 Å². The van der Waals surface area contributed by atoms with Crippen LogP contribution in [0.2, 0.25) is 0 Å². The third kappa shape index (κ3) is 3.30. The summed E-state index contributed by atoms with van der Waals surface area (Å²) in [5.41, 5.74) is 7.11. The van der Waals surface area contributed by atoms with Crippen LogP contribution in [0.3, 0.4) is 0 Å². The molecule has 0 unspecified atom stereocenters. The summed E-state index contributed by atoms with van der Waals surface area (Å²) in [4.78, 5) is 0.299. The minimum absolute atomic E-state index is 0.259. The third-order valence-corrected chi connectivity index (χ3v) is 3.38. The standard InChI is InChI=1S/C10H16N2O2S/c1-8-5-9(2)7-10(6-8)15(13,14)12-4-3-11/h5-7,12H,3-4,11H2,1-2H3. The zero-order valence-electron chi connectivity index (χ0n) is 8.95. The first-order chi connectivity index (χ1) is 6.95. The minimum atomic E-state index is -3.40. The summed E-state index contributed by atoms with van der Waals surface area (Å²) in [6, 6.07) is 5.22. The smallest absolute Gasteiger partial charge is 0.240 e. The van der Waals surface area contributed by atoms with Crippen LogP contribution >= 0.6 is 0 Å². The van der Waals surface area contributed by atoms with Crippen LogP contribution < -0.4 is 10.5 Å². The maximum atomic E-state index is 11.7. The maximum Gasteiger partial charge on any atom is 0.240 e. The van der Waals surface area contributed by atoms with Gasteiger partial charge in [0.15, 0.2) is 0 Å². The number of hydrogen-bond acceptors (Lipinski definition) is 3. The van der Waals surface area contributed by atoms with Crippen molar-refractivity contribution in [3.05, 3.63) is 29.3 Å². The van der Waals surface area contributed by atoms with Crippen LogP contribution in [0.15, 0.2) is 23.1 Å². The van der Waals surface area contributed by atoms with Crippen molar-refractivity contribution in [3.8, 4) is 0 Å². The molecule has 0 amide bonds. The molecule has 0 aliphatic carbocycles. The Hall–Kier alpha value is -0.910. The van der Waals surface area contributed by atoms with Gasteiger partial charge < -0.3 is 5.73 Å². The molecule has 0 spiro atoms. The highest BCUT2D eigenvalue weighted by Gasteiger charge is 2.13. The highest BCUT2D eigenvalue weighted by Crippen LogP contribution is 2.13. The Balaban J connectivity index is 3.04. The van der Waals surface area contributed by atoms with Gasteiger partial charge in [-0.1, -0.05) is 6.07 Å². The van der Waals surface area contributed by atoms with Crippen molar-refractivity contribution in [1.29, 1.82) is 0 Å². The lowest BCUT2D eigenvalue weighted by Gasteiger charge is -2.07. The monoisotopic (exact) mass is 228 g/mol. The molecule has 0 atom stereocenters. The molecule has 15 heavy (non-hydrogen) atoms. The molecule has 0 aromatic heterocycles. The molecule has 0 aliphatic heterocycles. The van der Waals surface area contributed by atoms with Gasteiger partial charge in [0.1, 0.15) is 0 Å². The van der Waals surface area contributed by atoms with Crippen molar-refractivity contribution < 1.29 is 8.42 Å². The van der Waals surface area contributed by atoms with Gasteiger partial charge in [-0.25, -0.2) is 13.1 Å². The largest absolute Gasteiger partial charge is 0.329 e. The second-order valence-corrected chi connectivity index (χ2v) is 5.28. The van der Waals surface area contributed by atoms with E-state index in [0.717, 1.165) is 11.1 Å². The first-order valence-electron chi connectivity index (χ1n) is 4.74. The van der Waals surface area contributed by atoms with E-state index in [1.54, 1.807) is 12.1 Å². The van der Waals surface area contributed by atoms with Crippen molar-refractivity contribution in [3.63, 3.8) is 0 Å². The van der Waals surface area contributed by atoms with E-state index in [1.165, 1.54) is 0 Å². The number of benzene rings is 1. The predicted molar refractivity (Wildman–Crippen MR) is 60.2 cm³/mol. The maximum absolute atomic E-state index is 11.7. The van der Waals surface area contributed by atoms with Gasteiger partial charge >= 0.3 is 0 Å². The lowest BCUT2D eigenvalue weighted by atomic mass is 10.2. The molecule has 5 heteroatoms. The van der Waals surface area contributed by atoms with Crippen molar-refractivity contribution in [2.75, 3.05) is 13.1 Å². The summed E-state index contributed by atoms with van der Waals surface area (Å²) < 4.78 is 25.9. The van der Waals surface area contributed by atoms with Crippen molar-refractivity contribution in [2.45, 2.75) is 18.7 Å². The van der Waals surface area contributed by atoms with Crippen LogP contribution in [0, 0.1) is 13.8 Å². The summed E-state index contributed by atoms with van der Waals surface area (Å²) in [6.07, 6.45) is 0. The van der Waals surface area contributed by atoms with E-state index in [1.807, 2.05) is 19.9 Å². The number of sulfonamides is 1. The molecular weight excluding hydrogens is 212 g/mol. The number of hydrogen-bond donors (Lipinski definition) is 2. The van der Waals surface area contributed by atoms with Crippen molar-refractivity contribution in [2.24, 2.45) is 5.73 Å². The molecule has 0 heterocycles. The summed E-state index contributed by atoms with van der Waals surface area (Å²) in [5.74, 6) is 0. The van der Waals surface area contributed by atoms with Gasteiger partial charge in [-0.05, 0) is 37.1 Å². The molecular formula is C10H16N2O2S. The Morgan fingerprint density at radius 3 is 2.20 bits per heavy atom. The number of nitrogens with one attached hydrogen (secondary N) is 1. The molecule has 84 valence electrons. The van der Waals surface area contributed by atoms with Gasteiger partial charge in [-0.2, -0.15) is 0 Å². The molecule has 4 nitrogen and oxygen atoms in total. The summed E-state index contributed by atoms with van der Waals surface area (Å²) >= 11 is 0. The van der Waals surface area contributed by atoms with E-state index >= 15 is 0 Å². The number of rotatable bonds is 4. The van der Waals surface area contributed by atoms with E-state index < -0.39 is 10.0 Å². The highest BCUT2D eigenvalue weighted by molar-refractivity contribution is 7.89. The Morgan fingerprint density at radius 1 is 1.20 bits per heavy atom. The van der Waals surface area contributed by atoms with E-state index in [4.69, 9.17) is 5.73 Å². The molecule has 0 saturated heterocycles. The normalized spacial score (nSPS) is 11.7. The zero-order valence-corrected chi connectivity index (χ0v) is 9.76. The second-order valence-electron chi connectivity index (χ2n) is 3.51. The molecule has 0 saturated carbocycles. The first-order valence-corrected chi connectivity index (χ1v) is 6.22. The van der Waals surface area contributed by atoms with E-state index in [9.17, 15) is 8.42 Å². The first kappa shape index (κ1) is 12.2. The molecule has 1 aromatic carbocycles.